The normalized spacial score (nSPS) is 12.3. The van der Waals surface area contributed by atoms with Crippen LogP contribution in [0.2, 0.25) is 0 Å². The Balaban J connectivity index is 0.00000189. The van der Waals surface area contributed by atoms with Gasteiger partial charge in [-0.2, -0.15) is 16.8 Å². The Labute approximate surface area is 445 Å². The Morgan fingerprint density at radius 2 is 0.766 bits per heavy atom. The van der Waals surface area contributed by atoms with E-state index in [9.17, 15) is 34.4 Å². The van der Waals surface area contributed by atoms with Crippen molar-refractivity contribution in [2.75, 3.05) is 7.11 Å². The Hall–Kier alpha value is -8.20. The predicted octanol–water partition coefficient (Wildman–Crippen LogP) is 10.7. The molecule has 0 aromatic heterocycles. The summed E-state index contributed by atoms with van der Waals surface area (Å²) in [5, 5.41) is 0.190. The van der Waals surface area contributed by atoms with Crippen molar-refractivity contribution < 1.29 is 70.5 Å². The molecule has 9 aromatic rings. The maximum atomic E-state index is 15.2. The fourth-order valence-electron chi connectivity index (χ4n) is 7.86. The van der Waals surface area contributed by atoms with E-state index in [4.69, 9.17) is 31.6 Å². The van der Waals surface area contributed by atoms with Crippen LogP contribution in [0.25, 0.3) is 22.3 Å². The van der Waals surface area contributed by atoms with Crippen LogP contribution in [0.15, 0.2) is 232 Å². The first-order valence-corrected chi connectivity index (χ1v) is 29.8. The molecule has 0 fully saturated rings. The SMILES string of the molecule is COc1ccc(-c2ccc(Oc3ccc(S(=O)(=O)c4ccc(Oc5ccc(-c6ccc(Oc7ccc(P(=O)(c8ccc(C)cc8)c8cccc(S(=O)(=O)O)c8)cc7S(=O)(=O)O)cc6)cc5)cc4)cc3)cc2)cc1.O=S(=O)=O. The Kier molecular flexibility index (Phi) is 16.4. The first-order chi connectivity index (χ1) is 36.6. The second-order valence-electron chi connectivity index (χ2n) is 16.8. The Bertz CT molecular complexity index is 4100. The molecule has 2 N–H and O–H groups in total. The van der Waals surface area contributed by atoms with Gasteiger partial charge in [0.2, 0.25) is 9.84 Å². The molecule has 392 valence electrons. The molecule has 0 radical (unpaired) electrons. The van der Waals surface area contributed by atoms with Crippen molar-refractivity contribution in [3.63, 3.8) is 0 Å². The zero-order chi connectivity index (χ0) is 55.1. The summed E-state index contributed by atoms with van der Waals surface area (Å²) < 4.78 is 161. The fourth-order valence-corrected chi connectivity index (χ4v) is 13.1. The van der Waals surface area contributed by atoms with Crippen molar-refractivity contribution in [1.29, 1.82) is 0 Å². The van der Waals surface area contributed by atoms with Crippen LogP contribution in [-0.4, -0.2) is 54.1 Å². The third-order valence-electron chi connectivity index (χ3n) is 11.7. The molecular weight excluding hydrogens is 1090 g/mol. The van der Waals surface area contributed by atoms with E-state index in [1.54, 1.807) is 92.0 Å². The van der Waals surface area contributed by atoms with Gasteiger partial charge in [-0.05, 0) is 157 Å². The highest BCUT2D eigenvalue weighted by Crippen LogP contribution is 2.45. The van der Waals surface area contributed by atoms with Crippen molar-refractivity contribution in [3.05, 3.63) is 218 Å². The van der Waals surface area contributed by atoms with Crippen molar-refractivity contribution in [2.45, 2.75) is 26.5 Å². The van der Waals surface area contributed by atoms with Crippen LogP contribution in [-0.2, 0) is 45.2 Å². The van der Waals surface area contributed by atoms with Crippen LogP contribution in [0, 0.1) is 6.92 Å². The summed E-state index contributed by atoms with van der Waals surface area (Å²) in [7, 11) is -19.1. The average Bonchev–Trinajstić information content (AvgIpc) is 3.42. The minimum absolute atomic E-state index is 0.00459. The van der Waals surface area contributed by atoms with Gasteiger partial charge in [-0.1, -0.05) is 90.5 Å². The Morgan fingerprint density at radius 3 is 1.16 bits per heavy atom. The maximum Gasteiger partial charge on any atom is 0.425 e. The highest BCUT2D eigenvalue weighted by atomic mass is 32.2. The van der Waals surface area contributed by atoms with E-state index in [0.29, 0.717) is 23.0 Å². The van der Waals surface area contributed by atoms with Crippen LogP contribution >= 0.6 is 7.14 Å². The summed E-state index contributed by atoms with van der Waals surface area (Å²) in [4.78, 5) is -0.997. The van der Waals surface area contributed by atoms with Gasteiger partial charge in [-0.15, -0.1) is 12.6 Å². The van der Waals surface area contributed by atoms with Crippen molar-refractivity contribution in [1.82, 2.24) is 0 Å². The summed E-state index contributed by atoms with van der Waals surface area (Å²) in [6.45, 7) is 1.82. The molecular formula is C56H43O16PS4. The molecule has 77 heavy (non-hydrogen) atoms. The molecule has 9 aromatic carbocycles. The lowest BCUT2D eigenvalue weighted by atomic mass is 10.1. The molecule has 9 rings (SSSR count). The lowest BCUT2D eigenvalue weighted by Gasteiger charge is -2.22. The van der Waals surface area contributed by atoms with Crippen molar-refractivity contribution in [3.8, 4) is 62.5 Å². The topological polar surface area (TPSA) is 248 Å². The molecule has 0 heterocycles. The molecule has 0 aliphatic rings. The number of ether oxygens (including phenoxy) is 4. The van der Waals surface area contributed by atoms with Crippen LogP contribution in [0.3, 0.4) is 0 Å². The van der Waals surface area contributed by atoms with Crippen molar-refractivity contribution in [2.24, 2.45) is 0 Å². The number of hydrogen-bond donors (Lipinski definition) is 2. The van der Waals surface area contributed by atoms with Gasteiger partial charge in [0.1, 0.15) is 45.1 Å². The quantitative estimate of drug-likeness (QED) is 0.0674. The van der Waals surface area contributed by atoms with Gasteiger partial charge >= 0.3 is 10.6 Å². The predicted molar refractivity (Wildman–Crippen MR) is 289 cm³/mol. The molecule has 0 saturated heterocycles. The average molecular weight is 1130 g/mol. The number of sulfone groups is 1. The number of rotatable bonds is 16. The van der Waals surface area contributed by atoms with Gasteiger partial charge in [0.15, 0.2) is 7.14 Å². The van der Waals surface area contributed by atoms with E-state index in [1.807, 2.05) is 67.6 Å². The molecule has 0 aliphatic carbocycles. The highest BCUT2D eigenvalue weighted by molar-refractivity contribution is 7.91. The molecule has 0 aliphatic heterocycles. The zero-order valence-corrected chi connectivity index (χ0v) is 44.6. The third kappa shape index (κ3) is 13.3. The second-order valence-corrected chi connectivity index (χ2v) is 24.7. The molecule has 0 saturated carbocycles. The van der Waals surface area contributed by atoms with Gasteiger partial charge in [0.05, 0.1) is 21.8 Å². The molecule has 21 heteroatoms. The van der Waals surface area contributed by atoms with E-state index < -0.39 is 57.6 Å². The van der Waals surface area contributed by atoms with E-state index in [1.165, 1.54) is 48.5 Å². The second kappa shape index (κ2) is 23.0. The minimum atomic E-state index is -4.98. The standard InChI is InChI=1S/C56H43O13PS3.O3S/c1-38-6-28-49(29-7-38)70(57,50-4-3-5-54(36-50)72(60,61)62)51-30-35-55(56(37-51)73(63,64)65)69-48-22-14-42(15-23-48)41-12-20-45(21-13-41)68-47-26-33-53(34-27-47)71(58,59)52-31-24-46(25-32-52)67-44-18-10-40(11-19-44)39-8-16-43(66-2)17-9-39;1-4(2)3/h3-37H,1-2H3,(H,60,61,62)(H,63,64,65);. The summed E-state index contributed by atoms with van der Waals surface area (Å²) in [5.74, 6) is 2.70. The van der Waals surface area contributed by atoms with Gasteiger partial charge in [0, 0.05) is 15.9 Å². The third-order valence-corrected chi connectivity index (χ3v) is 18.3. The van der Waals surface area contributed by atoms with E-state index in [0.717, 1.165) is 51.8 Å². The minimum Gasteiger partial charge on any atom is -0.497 e. The van der Waals surface area contributed by atoms with Crippen LogP contribution in [0.4, 0.5) is 0 Å². The van der Waals surface area contributed by atoms with Gasteiger partial charge in [0.25, 0.3) is 20.2 Å². The van der Waals surface area contributed by atoms with E-state index in [-0.39, 0.29) is 37.2 Å². The van der Waals surface area contributed by atoms with Crippen molar-refractivity contribution >= 4 is 63.7 Å². The zero-order valence-electron chi connectivity index (χ0n) is 40.4. The molecule has 0 amide bonds. The first kappa shape index (κ1) is 55.0. The monoisotopic (exact) mass is 1130 g/mol. The number of hydrogen-bond acceptors (Lipinski definition) is 14. The lowest BCUT2D eigenvalue weighted by molar-refractivity contribution is 0.415. The summed E-state index contributed by atoms with van der Waals surface area (Å²) in [5.41, 5.74) is 4.44. The summed E-state index contributed by atoms with van der Waals surface area (Å²) in [6, 6.07) is 56.6. The number of benzene rings is 9. The molecule has 1 unspecified atom stereocenters. The van der Waals surface area contributed by atoms with Gasteiger partial charge < -0.3 is 23.5 Å². The van der Waals surface area contributed by atoms with Gasteiger partial charge in [-0.3, -0.25) is 9.11 Å². The molecule has 0 spiro atoms. The number of aryl methyl sites for hydroxylation is 1. The van der Waals surface area contributed by atoms with E-state index >= 15 is 4.57 Å². The van der Waals surface area contributed by atoms with Gasteiger partial charge in [-0.25, -0.2) is 8.42 Å². The number of methoxy groups -OCH3 is 1. The summed E-state index contributed by atoms with van der Waals surface area (Å²) >= 11 is 0. The highest BCUT2D eigenvalue weighted by Gasteiger charge is 2.33. The first-order valence-electron chi connectivity index (χ1n) is 22.7. The molecule has 0 bridgehead atoms. The fraction of sp³-hybridized carbons (Fsp3) is 0.0357. The maximum absolute atomic E-state index is 15.2. The Morgan fingerprint density at radius 1 is 0.403 bits per heavy atom. The summed E-state index contributed by atoms with van der Waals surface area (Å²) in [6.07, 6.45) is 0. The van der Waals surface area contributed by atoms with Crippen LogP contribution < -0.4 is 34.9 Å². The smallest absolute Gasteiger partial charge is 0.425 e. The van der Waals surface area contributed by atoms with Crippen LogP contribution in [0.1, 0.15) is 5.56 Å². The molecule has 1 atom stereocenters. The van der Waals surface area contributed by atoms with Crippen LogP contribution in [0.5, 0.6) is 40.2 Å². The largest absolute Gasteiger partial charge is 0.497 e. The van der Waals surface area contributed by atoms with E-state index in [2.05, 4.69) is 0 Å². The molecule has 16 nitrogen and oxygen atoms in total. The lowest BCUT2D eigenvalue weighted by Crippen LogP contribution is -2.26.